The molecule has 6 nitrogen and oxygen atoms in total. The number of hydrogen-bond donors (Lipinski definition) is 2. The van der Waals surface area contributed by atoms with Crippen molar-refractivity contribution in [3.8, 4) is 0 Å². The van der Waals surface area contributed by atoms with Crippen LogP contribution in [-0.4, -0.2) is 33.3 Å². The molecule has 1 aliphatic heterocycles. The Morgan fingerprint density at radius 3 is 2.85 bits per heavy atom. The lowest BCUT2D eigenvalue weighted by atomic mass is 10.2. The van der Waals surface area contributed by atoms with E-state index in [1.54, 1.807) is 18.2 Å². The SMILES string of the molecule is CCCNC(=O)CCN=C1NS(=O)(=O)c2ccccc21. The number of nitrogens with one attached hydrogen (secondary N) is 2. The van der Waals surface area contributed by atoms with Crippen LogP contribution in [0.25, 0.3) is 0 Å². The van der Waals surface area contributed by atoms with E-state index in [0.29, 0.717) is 17.9 Å². The third-order valence-electron chi connectivity index (χ3n) is 2.84. The first kappa shape index (κ1) is 14.5. The monoisotopic (exact) mass is 295 g/mol. The number of amides is 1. The lowest BCUT2D eigenvalue weighted by molar-refractivity contribution is -0.120. The molecule has 0 bridgehead atoms. The van der Waals surface area contributed by atoms with Gasteiger partial charge >= 0.3 is 0 Å². The Labute approximate surface area is 118 Å². The molecule has 2 rings (SSSR count). The predicted octanol–water partition coefficient (Wildman–Crippen LogP) is 0.641. The Bertz CT molecular complexity index is 638. The fourth-order valence-electron chi connectivity index (χ4n) is 1.87. The Hall–Kier alpha value is -1.89. The minimum atomic E-state index is -3.50. The number of aliphatic imine (C=N–C) groups is 1. The lowest BCUT2D eigenvalue weighted by Gasteiger charge is -2.02. The van der Waals surface area contributed by atoms with Crippen molar-refractivity contribution in [3.05, 3.63) is 29.8 Å². The number of carbonyl (C=O) groups excluding carboxylic acids is 1. The van der Waals surface area contributed by atoms with Crippen LogP contribution in [0.3, 0.4) is 0 Å². The summed E-state index contributed by atoms with van der Waals surface area (Å²) in [4.78, 5) is 15.8. The highest BCUT2D eigenvalue weighted by molar-refractivity contribution is 7.90. The zero-order valence-corrected chi connectivity index (χ0v) is 12.0. The summed E-state index contributed by atoms with van der Waals surface area (Å²) in [5.41, 5.74) is 0.557. The van der Waals surface area contributed by atoms with Crippen molar-refractivity contribution in [2.75, 3.05) is 13.1 Å². The van der Waals surface area contributed by atoms with Gasteiger partial charge in [0.15, 0.2) is 0 Å². The molecular weight excluding hydrogens is 278 g/mol. The molecule has 108 valence electrons. The van der Waals surface area contributed by atoms with Gasteiger partial charge < -0.3 is 5.32 Å². The first-order valence-corrected chi connectivity index (χ1v) is 7.96. The molecule has 1 aliphatic rings. The van der Waals surface area contributed by atoms with Crippen molar-refractivity contribution in [2.45, 2.75) is 24.7 Å². The zero-order valence-electron chi connectivity index (χ0n) is 11.2. The van der Waals surface area contributed by atoms with Gasteiger partial charge in [-0.1, -0.05) is 19.1 Å². The number of rotatable bonds is 5. The average molecular weight is 295 g/mol. The fraction of sp³-hybridized carbons (Fsp3) is 0.385. The molecule has 0 spiro atoms. The van der Waals surface area contributed by atoms with Crippen LogP contribution in [0.5, 0.6) is 0 Å². The van der Waals surface area contributed by atoms with Gasteiger partial charge in [-0.15, -0.1) is 0 Å². The van der Waals surface area contributed by atoms with Crippen molar-refractivity contribution in [1.29, 1.82) is 0 Å². The molecule has 1 aromatic carbocycles. The van der Waals surface area contributed by atoms with Gasteiger partial charge in [0.1, 0.15) is 5.84 Å². The second kappa shape index (κ2) is 6.04. The van der Waals surface area contributed by atoms with Gasteiger partial charge in [0, 0.05) is 18.5 Å². The minimum absolute atomic E-state index is 0.0784. The van der Waals surface area contributed by atoms with Crippen molar-refractivity contribution in [2.24, 2.45) is 4.99 Å². The molecular formula is C13H17N3O3S. The summed E-state index contributed by atoms with van der Waals surface area (Å²) in [6, 6.07) is 6.65. The van der Waals surface area contributed by atoms with Crippen molar-refractivity contribution < 1.29 is 13.2 Å². The fourth-order valence-corrected chi connectivity index (χ4v) is 3.12. The lowest BCUT2D eigenvalue weighted by Crippen LogP contribution is -2.25. The smallest absolute Gasteiger partial charge is 0.263 e. The van der Waals surface area contributed by atoms with Gasteiger partial charge in [0.2, 0.25) is 5.91 Å². The molecule has 1 amide bonds. The number of fused-ring (bicyclic) bond motifs is 1. The molecule has 0 aliphatic carbocycles. The maximum atomic E-state index is 11.8. The normalized spacial score (nSPS) is 17.6. The quantitative estimate of drug-likeness (QED) is 0.835. The maximum Gasteiger partial charge on any atom is 0.263 e. The first-order chi connectivity index (χ1) is 9.54. The van der Waals surface area contributed by atoms with E-state index in [0.717, 1.165) is 6.42 Å². The molecule has 0 fully saturated rings. The third-order valence-corrected chi connectivity index (χ3v) is 4.24. The standard InChI is InChI=1S/C13H17N3O3S/c1-2-8-14-12(17)7-9-15-13-10-5-3-4-6-11(10)20(18,19)16-13/h3-6H,2,7-9H2,1H3,(H,14,17)(H,15,16). The van der Waals surface area contributed by atoms with Gasteiger partial charge in [-0.25, -0.2) is 8.42 Å². The molecule has 7 heteroatoms. The second-order valence-corrected chi connectivity index (χ2v) is 6.08. The summed E-state index contributed by atoms with van der Waals surface area (Å²) in [7, 11) is -3.50. The number of carbonyl (C=O) groups is 1. The van der Waals surface area contributed by atoms with E-state index in [1.807, 2.05) is 6.92 Å². The van der Waals surface area contributed by atoms with Crippen LogP contribution in [0.1, 0.15) is 25.3 Å². The highest BCUT2D eigenvalue weighted by Crippen LogP contribution is 2.21. The number of hydrogen-bond acceptors (Lipinski definition) is 4. The summed E-state index contributed by atoms with van der Waals surface area (Å²) in [5, 5.41) is 2.75. The van der Waals surface area contributed by atoms with E-state index >= 15 is 0 Å². The molecule has 1 aromatic rings. The van der Waals surface area contributed by atoms with Crippen LogP contribution in [0.2, 0.25) is 0 Å². The van der Waals surface area contributed by atoms with E-state index < -0.39 is 10.0 Å². The molecule has 0 unspecified atom stereocenters. The van der Waals surface area contributed by atoms with Gasteiger partial charge in [0.25, 0.3) is 10.0 Å². The highest BCUT2D eigenvalue weighted by Gasteiger charge is 2.29. The summed E-state index contributed by atoms with van der Waals surface area (Å²) in [5.74, 6) is 0.231. The summed E-state index contributed by atoms with van der Waals surface area (Å²) in [6.07, 6.45) is 1.13. The molecule has 2 N–H and O–H groups in total. The van der Waals surface area contributed by atoms with E-state index in [9.17, 15) is 13.2 Å². The van der Waals surface area contributed by atoms with Crippen LogP contribution in [0.15, 0.2) is 34.2 Å². The zero-order chi connectivity index (χ0) is 14.6. The summed E-state index contributed by atoms with van der Waals surface area (Å²) < 4.78 is 26.1. The molecule has 0 saturated heterocycles. The number of amidine groups is 1. The largest absolute Gasteiger partial charge is 0.356 e. The van der Waals surface area contributed by atoms with Crippen LogP contribution in [0, 0.1) is 0 Å². The van der Waals surface area contributed by atoms with E-state index in [1.165, 1.54) is 6.07 Å². The Balaban J connectivity index is 2.04. The van der Waals surface area contributed by atoms with Gasteiger partial charge in [-0.05, 0) is 18.6 Å². The predicted molar refractivity (Wildman–Crippen MR) is 76.1 cm³/mol. The van der Waals surface area contributed by atoms with Crippen LogP contribution in [-0.2, 0) is 14.8 Å². The molecule has 20 heavy (non-hydrogen) atoms. The van der Waals surface area contributed by atoms with Gasteiger partial charge in [0.05, 0.1) is 11.4 Å². The van der Waals surface area contributed by atoms with E-state index in [-0.39, 0.29) is 23.8 Å². The minimum Gasteiger partial charge on any atom is -0.356 e. The van der Waals surface area contributed by atoms with E-state index in [4.69, 9.17) is 0 Å². The molecule has 0 aromatic heterocycles. The number of sulfonamides is 1. The summed E-state index contributed by atoms with van der Waals surface area (Å²) >= 11 is 0. The summed E-state index contributed by atoms with van der Waals surface area (Å²) in [6.45, 7) is 2.87. The number of benzene rings is 1. The molecule has 1 heterocycles. The van der Waals surface area contributed by atoms with E-state index in [2.05, 4.69) is 15.0 Å². The highest BCUT2D eigenvalue weighted by atomic mass is 32.2. The van der Waals surface area contributed by atoms with Gasteiger partial charge in [-0.2, -0.15) is 0 Å². The van der Waals surface area contributed by atoms with Crippen molar-refractivity contribution >= 4 is 21.8 Å². The Morgan fingerprint density at radius 2 is 2.10 bits per heavy atom. The van der Waals surface area contributed by atoms with Crippen molar-refractivity contribution in [1.82, 2.24) is 10.0 Å². The van der Waals surface area contributed by atoms with Crippen LogP contribution >= 0.6 is 0 Å². The Kier molecular flexibility index (Phi) is 4.39. The van der Waals surface area contributed by atoms with Crippen molar-refractivity contribution in [3.63, 3.8) is 0 Å². The molecule has 0 atom stereocenters. The van der Waals surface area contributed by atoms with Crippen LogP contribution < -0.4 is 10.0 Å². The maximum absolute atomic E-state index is 11.8. The number of nitrogens with zero attached hydrogens (tertiary/aromatic N) is 1. The second-order valence-electron chi connectivity index (χ2n) is 4.43. The Morgan fingerprint density at radius 1 is 1.35 bits per heavy atom. The third kappa shape index (κ3) is 3.16. The van der Waals surface area contributed by atoms with Gasteiger partial charge in [-0.3, -0.25) is 14.5 Å². The molecule has 0 saturated carbocycles. The first-order valence-electron chi connectivity index (χ1n) is 6.48. The average Bonchev–Trinajstić information content (AvgIpc) is 2.69. The topological polar surface area (TPSA) is 87.6 Å². The molecule has 0 radical (unpaired) electrons. The van der Waals surface area contributed by atoms with Crippen LogP contribution in [0.4, 0.5) is 0 Å².